The van der Waals surface area contributed by atoms with Crippen molar-refractivity contribution in [1.29, 1.82) is 0 Å². The van der Waals surface area contributed by atoms with Gasteiger partial charge in [-0.2, -0.15) is 0 Å². The first-order valence-electron chi connectivity index (χ1n) is 4.84. The second kappa shape index (κ2) is 3.48. The molecule has 3 nitrogen and oxygen atoms in total. The topological polar surface area (TPSA) is 37.4 Å². The van der Waals surface area contributed by atoms with Gasteiger partial charge in [-0.15, -0.1) is 0 Å². The maximum atomic E-state index is 11.8. The van der Waals surface area contributed by atoms with E-state index in [2.05, 4.69) is 0 Å². The largest absolute Gasteiger partial charge is 0.282 e. The Morgan fingerprint density at radius 2 is 2.23 bits per heavy atom. The first-order valence-corrected chi connectivity index (χ1v) is 4.84. The number of carbonyl (C=O) groups excluding carboxylic acids is 2. The van der Waals surface area contributed by atoms with Crippen molar-refractivity contribution in [2.45, 2.75) is 40.0 Å². The Kier molecular flexibility index (Phi) is 2.74. The van der Waals surface area contributed by atoms with Gasteiger partial charge in [-0.05, 0) is 19.3 Å². The summed E-state index contributed by atoms with van der Waals surface area (Å²) in [6.45, 7) is 6.01. The Bertz CT molecular complexity index is 237. The molecular formula is C10H17NO2. The molecule has 0 spiro atoms. The van der Waals surface area contributed by atoms with Crippen LogP contribution >= 0.6 is 0 Å². The monoisotopic (exact) mass is 183 g/mol. The van der Waals surface area contributed by atoms with Crippen LogP contribution in [-0.4, -0.2) is 23.3 Å². The second-order valence-electron chi connectivity index (χ2n) is 3.99. The predicted molar refractivity (Wildman–Crippen MR) is 50.0 cm³/mol. The zero-order valence-electron chi connectivity index (χ0n) is 8.59. The van der Waals surface area contributed by atoms with Gasteiger partial charge >= 0.3 is 0 Å². The molecule has 1 aliphatic rings. The fourth-order valence-corrected chi connectivity index (χ4v) is 1.79. The van der Waals surface area contributed by atoms with Crippen LogP contribution in [0, 0.1) is 5.41 Å². The molecule has 0 bridgehead atoms. The Balaban J connectivity index is 2.83. The van der Waals surface area contributed by atoms with Crippen LogP contribution in [0.25, 0.3) is 0 Å². The van der Waals surface area contributed by atoms with Crippen molar-refractivity contribution in [1.82, 2.24) is 4.90 Å². The molecule has 0 aromatic heterocycles. The molecule has 0 aliphatic carbocycles. The van der Waals surface area contributed by atoms with Crippen molar-refractivity contribution in [3.8, 4) is 0 Å². The van der Waals surface area contributed by atoms with Crippen LogP contribution in [0.5, 0.6) is 0 Å². The van der Waals surface area contributed by atoms with Gasteiger partial charge in [-0.1, -0.05) is 13.8 Å². The molecule has 1 heterocycles. The summed E-state index contributed by atoms with van der Waals surface area (Å²) in [5.74, 6) is -0.113. The molecule has 1 aliphatic heterocycles. The highest BCUT2D eigenvalue weighted by Gasteiger charge is 2.39. The Hall–Kier alpha value is -0.860. The van der Waals surface area contributed by atoms with Gasteiger partial charge in [-0.3, -0.25) is 14.5 Å². The van der Waals surface area contributed by atoms with Crippen LogP contribution in [0.2, 0.25) is 0 Å². The molecular weight excluding hydrogens is 166 g/mol. The molecule has 0 N–H and O–H groups in total. The summed E-state index contributed by atoms with van der Waals surface area (Å²) in [6.07, 6.45) is 2.66. The van der Waals surface area contributed by atoms with E-state index in [1.165, 1.54) is 11.8 Å². The van der Waals surface area contributed by atoms with Crippen LogP contribution in [-0.2, 0) is 9.59 Å². The quantitative estimate of drug-likeness (QED) is 0.618. The van der Waals surface area contributed by atoms with E-state index in [0.717, 1.165) is 19.3 Å². The van der Waals surface area contributed by atoms with Gasteiger partial charge in [0.15, 0.2) is 0 Å². The minimum absolute atomic E-state index is 0.00810. The Morgan fingerprint density at radius 1 is 1.62 bits per heavy atom. The van der Waals surface area contributed by atoms with Crippen LogP contribution < -0.4 is 0 Å². The van der Waals surface area contributed by atoms with E-state index in [0.29, 0.717) is 6.54 Å². The zero-order chi connectivity index (χ0) is 10.1. The number of amides is 2. The number of hydrogen-bond donors (Lipinski definition) is 0. The summed E-state index contributed by atoms with van der Waals surface area (Å²) in [5, 5.41) is 0. The van der Waals surface area contributed by atoms with E-state index in [-0.39, 0.29) is 17.2 Å². The molecule has 74 valence electrons. The smallest absolute Gasteiger partial charge is 0.235 e. The highest BCUT2D eigenvalue weighted by atomic mass is 16.2. The van der Waals surface area contributed by atoms with E-state index in [1.807, 2.05) is 13.8 Å². The molecule has 1 saturated heterocycles. The van der Waals surface area contributed by atoms with Crippen LogP contribution in [0.1, 0.15) is 40.0 Å². The summed E-state index contributed by atoms with van der Waals surface area (Å²) < 4.78 is 0. The Labute approximate surface area is 79.1 Å². The van der Waals surface area contributed by atoms with Gasteiger partial charge in [0.25, 0.3) is 0 Å². The number of nitrogens with zero attached hydrogens (tertiary/aromatic N) is 1. The molecule has 1 atom stereocenters. The summed E-state index contributed by atoms with van der Waals surface area (Å²) in [5.41, 5.74) is -0.302. The summed E-state index contributed by atoms with van der Waals surface area (Å²) in [7, 11) is 0. The molecule has 0 radical (unpaired) electrons. The highest BCUT2D eigenvalue weighted by Crippen LogP contribution is 2.33. The van der Waals surface area contributed by atoms with Gasteiger partial charge < -0.3 is 0 Å². The second-order valence-corrected chi connectivity index (χ2v) is 3.99. The Morgan fingerprint density at radius 3 is 2.69 bits per heavy atom. The van der Waals surface area contributed by atoms with E-state index in [4.69, 9.17) is 0 Å². The number of hydrogen-bond acceptors (Lipinski definition) is 2. The normalized spacial score (nSPS) is 29.2. The summed E-state index contributed by atoms with van der Waals surface area (Å²) >= 11 is 0. The number of likely N-dealkylation sites (tertiary alicyclic amines) is 1. The maximum Gasteiger partial charge on any atom is 0.235 e. The standard InChI is InChI=1S/C10H17NO2/c1-4-10(3)6-5-7-11(8(2)12)9(10)13/h4-7H2,1-3H3/t10-/m1/s1. The van der Waals surface area contributed by atoms with Gasteiger partial charge in [0.1, 0.15) is 0 Å². The number of piperidine rings is 1. The zero-order valence-corrected chi connectivity index (χ0v) is 8.59. The lowest BCUT2D eigenvalue weighted by atomic mass is 9.79. The molecule has 1 fully saturated rings. The molecule has 0 unspecified atom stereocenters. The lowest BCUT2D eigenvalue weighted by Crippen LogP contribution is -2.49. The van der Waals surface area contributed by atoms with Crippen molar-refractivity contribution in [2.24, 2.45) is 5.41 Å². The molecule has 0 aromatic rings. The molecule has 13 heavy (non-hydrogen) atoms. The third-order valence-electron chi connectivity index (χ3n) is 3.03. The van der Waals surface area contributed by atoms with Crippen molar-refractivity contribution in [2.75, 3.05) is 6.54 Å². The summed E-state index contributed by atoms with van der Waals surface area (Å²) in [4.78, 5) is 24.3. The number of carbonyl (C=O) groups is 2. The van der Waals surface area contributed by atoms with Crippen molar-refractivity contribution >= 4 is 11.8 Å². The first-order chi connectivity index (χ1) is 6.01. The van der Waals surface area contributed by atoms with Crippen LogP contribution in [0.3, 0.4) is 0 Å². The predicted octanol–water partition coefficient (Wildman–Crippen LogP) is 1.57. The van der Waals surface area contributed by atoms with Crippen molar-refractivity contribution in [3.05, 3.63) is 0 Å². The first kappa shape index (κ1) is 10.2. The minimum Gasteiger partial charge on any atom is -0.282 e. The van der Waals surface area contributed by atoms with E-state index < -0.39 is 0 Å². The van der Waals surface area contributed by atoms with E-state index in [1.54, 1.807) is 0 Å². The number of rotatable bonds is 1. The molecule has 0 aromatic carbocycles. The highest BCUT2D eigenvalue weighted by molar-refractivity contribution is 5.97. The van der Waals surface area contributed by atoms with Gasteiger partial charge in [0.2, 0.25) is 11.8 Å². The molecule has 1 rings (SSSR count). The van der Waals surface area contributed by atoms with Crippen molar-refractivity contribution in [3.63, 3.8) is 0 Å². The molecule has 2 amide bonds. The lowest BCUT2D eigenvalue weighted by Gasteiger charge is -2.37. The number of imide groups is 1. The third kappa shape index (κ3) is 1.74. The third-order valence-corrected chi connectivity index (χ3v) is 3.03. The SMILES string of the molecule is CC[C@]1(C)CCCN(C(C)=O)C1=O. The summed E-state index contributed by atoms with van der Waals surface area (Å²) in [6, 6.07) is 0. The average Bonchev–Trinajstić information content (AvgIpc) is 2.09. The molecule has 3 heteroatoms. The van der Waals surface area contributed by atoms with Gasteiger partial charge in [0.05, 0.1) is 0 Å². The molecule has 0 saturated carbocycles. The lowest BCUT2D eigenvalue weighted by molar-refractivity contribution is -0.154. The average molecular weight is 183 g/mol. The van der Waals surface area contributed by atoms with E-state index in [9.17, 15) is 9.59 Å². The van der Waals surface area contributed by atoms with Gasteiger partial charge in [0, 0.05) is 18.9 Å². The maximum absolute atomic E-state index is 11.8. The fourth-order valence-electron chi connectivity index (χ4n) is 1.79. The van der Waals surface area contributed by atoms with Crippen LogP contribution in [0.4, 0.5) is 0 Å². The fraction of sp³-hybridized carbons (Fsp3) is 0.800. The van der Waals surface area contributed by atoms with Crippen LogP contribution in [0.15, 0.2) is 0 Å². The van der Waals surface area contributed by atoms with E-state index >= 15 is 0 Å². The van der Waals surface area contributed by atoms with Gasteiger partial charge in [-0.25, -0.2) is 0 Å². The minimum atomic E-state index is -0.302. The van der Waals surface area contributed by atoms with Crippen molar-refractivity contribution < 1.29 is 9.59 Å².